The van der Waals surface area contributed by atoms with E-state index in [9.17, 15) is 9.59 Å². The number of carbonyl (C=O) groups is 2. The molecule has 0 aliphatic heterocycles. The van der Waals surface area contributed by atoms with E-state index in [1.165, 1.54) is 11.1 Å². The molecule has 1 unspecified atom stereocenters. The predicted octanol–water partition coefficient (Wildman–Crippen LogP) is 1.88. The molecule has 2 rings (SSSR count). The Bertz CT molecular complexity index is 762. The monoisotopic (exact) mass is 329 g/mol. The number of rotatable bonds is 4. The van der Waals surface area contributed by atoms with Gasteiger partial charge < -0.3 is 10.2 Å². The van der Waals surface area contributed by atoms with Crippen molar-refractivity contribution in [2.24, 2.45) is 7.05 Å². The molecular formula is C17H23N5O2. The summed E-state index contributed by atoms with van der Waals surface area (Å²) < 4.78 is 1.77. The second-order valence-corrected chi connectivity index (χ2v) is 6.05. The average molecular weight is 329 g/mol. The summed E-state index contributed by atoms with van der Waals surface area (Å²) in [5.41, 5.74) is 3.21. The van der Waals surface area contributed by atoms with Crippen molar-refractivity contribution in [1.82, 2.24) is 19.7 Å². The molecule has 7 nitrogen and oxygen atoms in total. The second-order valence-electron chi connectivity index (χ2n) is 6.05. The fourth-order valence-corrected chi connectivity index (χ4v) is 2.63. The van der Waals surface area contributed by atoms with E-state index in [-0.39, 0.29) is 17.7 Å². The van der Waals surface area contributed by atoms with E-state index in [0.717, 1.165) is 17.0 Å². The number of aryl methyl sites for hydroxylation is 2. The van der Waals surface area contributed by atoms with Crippen LogP contribution in [0.1, 0.15) is 40.2 Å². The Balaban J connectivity index is 2.13. The van der Waals surface area contributed by atoms with Crippen LogP contribution < -0.4 is 5.32 Å². The first kappa shape index (κ1) is 17.7. The van der Waals surface area contributed by atoms with Crippen LogP contribution in [0.3, 0.4) is 0 Å². The molecule has 0 aliphatic carbocycles. The fraction of sp³-hybridized carbons (Fsp3) is 0.412. The first-order chi connectivity index (χ1) is 11.2. The number of hydrogen-bond acceptors (Lipinski definition) is 4. The van der Waals surface area contributed by atoms with Crippen molar-refractivity contribution in [1.29, 1.82) is 0 Å². The summed E-state index contributed by atoms with van der Waals surface area (Å²) in [6, 6.07) is 3.28. The Kier molecular flexibility index (Phi) is 5.02. The normalized spacial score (nSPS) is 11.9. The van der Waals surface area contributed by atoms with Gasteiger partial charge in [-0.2, -0.15) is 5.10 Å². The van der Waals surface area contributed by atoms with Crippen LogP contribution in [0.15, 0.2) is 18.3 Å². The maximum atomic E-state index is 12.5. The van der Waals surface area contributed by atoms with Crippen molar-refractivity contribution in [2.45, 2.75) is 26.7 Å². The molecule has 0 aromatic carbocycles. The highest BCUT2D eigenvalue weighted by atomic mass is 16.2. The maximum absolute atomic E-state index is 12.5. The van der Waals surface area contributed by atoms with Crippen molar-refractivity contribution in [2.75, 3.05) is 19.4 Å². The first-order valence-corrected chi connectivity index (χ1v) is 7.71. The minimum atomic E-state index is -0.344. The molecule has 24 heavy (non-hydrogen) atoms. The number of carbonyl (C=O) groups excluding carboxylic acids is 2. The highest BCUT2D eigenvalue weighted by Gasteiger charge is 2.23. The number of pyridine rings is 1. The Labute approximate surface area is 141 Å². The van der Waals surface area contributed by atoms with Crippen molar-refractivity contribution in [3.63, 3.8) is 0 Å². The zero-order valence-corrected chi connectivity index (χ0v) is 14.9. The van der Waals surface area contributed by atoms with Crippen LogP contribution in [0.5, 0.6) is 0 Å². The van der Waals surface area contributed by atoms with Crippen LogP contribution in [-0.2, 0) is 11.8 Å². The SMILES string of the molecule is Cc1nn(C)c(C)c1C(C)C(=O)Nc1ccc(C(=O)N(C)C)cn1. The first-order valence-electron chi connectivity index (χ1n) is 7.71. The molecular weight excluding hydrogens is 306 g/mol. The molecule has 2 aromatic heterocycles. The summed E-state index contributed by atoms with van der Waals surface area (Å²) in [4.78, 5) is 30.0. The summed E-state index contributed by atoms with van der Waals surface area (Å²) in [5.74, 6) is -0.214. The van der Waals surface area contributed by atoms with E-state index in [0.29, 0.717) is 11.4 Å². The highest BCUT2D eigenvalue weighted by molar-refractivity contribution is 5.96. The summed E-state index contributed by atoms with van der Waals surface area (Å²) in [6.45, 7) is 5.68. The van der Waals surface area contributed by atoms with Crippen molar-refractivity contribution >= 4 is 17.6 Å². The van der Waals surface area contributed by atoms with E-state index in [2.05, 4.69) is 15.4 Å². The number of anilines is 1. The van der Waals surface area contributed by atoms with Gasteiger partial charge in [0.2, 0.25) is 5.91 Å². The molecule has 0 fully saturated rings. The van der Waals surface area contributed by atoms with Crippen molar-refractivity contribution in [3.8, 4) is 0 Å². The van der Waals surface area contributed by atoms with E-state index in [1.807, 2.05) is 27.8 Å². The topological polar surface area (TPSA) is 80.1 Å². The van der Waals surface area contributed by atoms with Crippen molar-refractivity contribution < 1.29 is 9.59 Å². The zero-order valence-electron chi connectivity index (χ0n) is 14.9. The smallest absolute Gasteiger partial charge is 0.254 e. The minimum absolute atomic E-state index is 0.129. The molecule has 2 heterocycles. The lowest BCUT2D eigenvalue weighted by Crippen LogP contribution is -2.23. The third-order valence-electron chi connectivity index (χ3n) is 4.06. The molecule has 0 radical (unpaired) electrons. The van der Waals surface area contributed by atoms with Crippen LogP contribution in [-0.4, -0.2) is 45.6 Å². The number of amides is 2. The summed E-state index contributed by atoms with van der Waals surface area (Å²) in [5, 5.41) is 7.13. The van der Waals surface area contributed by atoms with E-state index in [1.54, 1.807) is 30.9 Å². The number of nitrogens with zero attached hydrogens (tertiary/aromatic N) is 4. The van der Waals surface area contributed by atoms with E-state index < -0.39 is 0 Å². The lowest BCUT2D eigenvalue weighted by atomic mass is 9.98. The lowest BCUT2D eigenvalue weighted by Gasteiger charge is -2.13. The molecule has 0 spiro atoms. The van der Waals surface area contributed by atoms with Gasteiger partial charge in [0.05, 0.1) is 17.2 Å². The standard InChI is InChI=1S/C17H23N5O2/c1-10(15-11(2)20-22(6)12(15)3)16(23)19-14-8-7-13(9-18-14)17(24)21(4)5/h7-10H,1-6H3,(H,18,19,23). The van der Waals surface area contributed by atoms with Crippen LogP contribution in [0.25, 0.3) is 0 Å². The van der Waals surface area contributed by atoms with Crippen LogP contribution in [0.4, 0.5) is 5.82 Å². The van der Waals surface area contributed by atoms with Gasteiger partial charge in [-0.15, -0.1) is 0 Å². The zero-order chi connectivity index (χ0) is 18.0. The van der Waals surface area contributed by atoms with Gasteiger partial charge in [0, 0.05) is 38.6 Å². The number of hydrogen-bond donors (Lipinski definition) is 1. The van der Waals surface area contributed by atoms with E-state index in [4.69, 9.17) is 0 Å². The minimum Gasteiger partial charge on any atom is -0.345 e. The third kappa shape index (κ3) is 3.45. The van der Waals surface area contributed by atoms with Crippen LogP contribution >= 0.6 is 0 Å². The van der Waals surface area contributed by atoms with Gasteiger partial charge in [-0.25, -0.2) is 4.98 Å². The lowest BCUT2D eigenvalue weighted by molar-refractivity contribution is -0.117. The van der Waals surface area contributed by atoms with Gasteiger partial charge >= 0.3 is 0 Å². The predicted molar refractivity (Wildman–Crippen MR) is 92.0 cm³/mol. The molecule has 1 atom stereocenters. The Morgan fingerprint density at radius 1 is 1.25 bits per heavy atom. The van der Waals surface area contributed by atoms with Gasteiger partial charge in [-0.05, 0) is 32.9 Å². The van der Waals surface area contributed by atoms with Gasteiger partial charge in [0.1, 0.15) is 5.82 Å². The molecule has 0 aliphatic rings. The van der Waals surface area contributed by atoms with Gasteiger partial charge in [0.25, 0.3) is 5.91 Å². The summed E-state index contributed by atoms with van der Waals surface area (Å²) >= 11 is 0. The molecule has 1 N–H and O–H groups in total. The van der Waals surface area contributed by atoms with Gasteiger partial charge in [0.15, 0.2) is 0 Å². The summed E-state index contributed by atoms with van der Waals surface area (Å²) in [6.07, 6.45) is 1.46. The second kappa shape index (κ2) is 6.82. The van der Waals surface area contributed by atoms with Crippen molar-refractivity contribution in [3.05, 3.63) is 40.8 Å². The molecule has 0 bridgehead atoms. The quantitative estimate of drug-likeness (QED) is 0.929. The molecule has 0 saturated heterocycles. The van der Waals surface area contributed by atoms with E-state index >= 15 is 0 Å². The molecule has 128 valence electrons. The average Bonchev–Trinajstić information content (AvgIpc) is 2.79. The molecule has 2 amide bonds. The van der Waals surface area contributed by atoms with Crippen LogP contribution in [0.2, 0.25) is 0 Å². The Morgan fingerprint density at radius 2 is 1.92 bits per heavy atom. The largest absolute Gasteiger partial charge is 0.345 e. The Hall–Kier alpha value is -2.70. The third-order valence-corrected chi connectivity index (χ3v) is 4.06. The Morgan fingerprint density at radius 3 is 2.38 bits per heavy atom. The molecule has 7 heteroatoms. The maximum Gasteiger partial charge on any atom is 0.254 e. The summed E-state index contributed by atoms with van der Waals surface area (Å²) in [7, 11) is 5.22. The number of aromatic nitrogens is 3. The van der Waals surface area contributed by atoms with Gasteiger partial charge in [-0.3, -0.25) is 14.3 Å². The van der Waals surface area contributed by atoms with Crippen LogP contribution in [0, 0.1) is 13.8 Å². The molecule has 0 saturated carbocycles. The fourth-order valence-electron chi connectivity index (χ4n) is 2.63. The highest BCUT2D eigenvalue weighted by Crippen LogP contribution is 2.24. The van der Waals surface area contributed by atoms with Gasteiger partial charge in [-0.1, -0.05) is 0 Å². The number of nitrogens with one attached hydrogen (secondary N) is 1. The molecule has 2 aromatic rings.